The lowest BCUT2D eigenvalue weighted by Crippen LogP contribution is -2.26. The van der Waals surface area contributed by atoms with Gasteiger partial charge in [0.05, 0.1) is 12.7 Å². The topological polar surface area (TPSA) is 75.6 Å². The SMILES string of the molecule is COc1ccc(Cl)cc1C(=O)NCCc1ccc(/C=C/C(=O)O)cc1. The van der Waals surface area contributed by atoms with E-state index in [2.05, 4.69) is 5.32 Å². The summed E-state index contributed by atoms with van der Waals surface area (Å²) in [6, 6.07) is 12.3. The van der Waals surface area contributed by atoms with Crippen molar-refractivity contribution in [2.45, 2.75) is 6.42 Å². The number of hydrogen-bond donors (Lipinski definition) is 2. The van der Waals surface area contributed by atoms with Crippen molar-refractivity contribution in [1.82, 2.24) is 5.32 Å². The van der Waals surface area contributed by atoms with Crippen LogP contribution in [-0.2, 0) is 11.2 Å². The van der Waals surface area contributed by atoms with Crippen LogP contribution >= 0.6 is 11.6 Å². The zero-order chi connectivity index (χ0) is 18.2. The number of amides is 1. The van der Waals surface area contributed by atoms with E-state index < -0.39 is 5.97 Å². The van der Waals surface area contributed by atoms with Gasteiger partial charge in [0.1, 0.15) is 5.75 Å². The van der Waals surface area contributed by atoms with E-state index in [-0.39, 0.29) is 5.91 Å². The molecule has 0 unspecified atom stereocenters. The monoisotopic (exact) mass is 359 g/mol. The number of ether oxygens (including phenoxy) is 1. The Morgan fingerprint density at radius 1 is 1.20 bits per heavy atom. The minimum Gasteiger partial charge on any atom is -0.496 e. The molecule has 2 aromatic rings. The lowest BCUT2D eigenvalue weighted by molar-refractivity contribution is -0.131. The molecule has 0 atom stereocenters. The third-order valence-corrected chi connectivity index (χ3v) is 3.74. The van der Waals surface area contributed by atoms with Crippen molar-refractivity contribution in [3.8, 4) is 5.75 Å². The van der Waals surface area contributed by atoms with Crippen LogP contribution in [0, 0.1) is 0 Å². The van der Waals surface area contributed by atoms with Crippen molar-refractivity contribution in [2.24, 2.45) is 0 Å². The van der Waals surface area contributed by atoms with Gasteiger partial charge in [-0.3, -0.25) is 4.79 Å². The van der Waals surface area contributed by atoms with Crippen molar-refractivity contribution in [3.05, 3.63) is 70.3 Å². The minimum atomic E-state index is -0.983. The van der Waals surface area contributed by atoms with Crippen molar-refractivity contribution in [2.75, 3.05) is 13.7 Å². The fraction of sp³-hybridized carbons (Fsp3) is 0.158. The Hall–Kier alpha value is -2.79. The van der Waals surface area contributed by atoms with E-state index >= 15 is 0 Å². The highest BCUT2D eigenvalue weighted by molar-refractivity contribution is 6.31. The summed E-state index contributed by atoms with van der Waals surface area (Å²) >= 11 is 5.93. The molecule has 0 fully saturated rings. The molecule has 0 bridgehead atoms. The van der Waals surface area contributed by atoms with E-state index in [0.717, 1.165) is 17.2 Å². The normalized spacial score (nSPS) is 10.6. The Kier molecular flexibility index (Phi) is 6.60. The molecule has 130 valence electrons. The Morgan fingerprint density at radius 2 is 1.92 bits per heavy atom. The second-order valence-corrected chi connectivity index (χ2v) is 5.70. The van der Waals surface area contributed by atoms with Crippen LogP contribution < -0.4 is 10.1 Å². The summed E-state index contributed by atoms with van der Waals surface area (Å²) in [5.74, 6) is -0.764. The predicted octanol–water partition coefficient (Wildman–Crippen LogP) is 3.42. The van der Waals surface area contributed by atoms with Gasteiger partial charge in [0.25, 0.3) is 5.91 Å². The third kappa shape index (κ3) is 5.65. The number of carboxylic acid groups (broad SMARTS) is 1. The lowest BCUT2D eigenvalue weighted by atomic mass is 10.1. The van der Waals surface area contributed by atoms with Crippen LogP contribution in [0.15, 0.2) is 48.5 Å². The second kappa shape index (κ2) is 8.89. The van der Waals surface area contributed by atoms with Gasteiger partial charge in [0.2, 0.25) is 0 Å². The number of aliphatic carboxylic acids is 1. The van der Waals surface area contributed by atoms with Crippen LogP contribution in [0.5, 0.6) is 5.75 Å². The van der Waals surface area contributed by atoms with Crippen molar-refractivity contribution >= 4 is 29.6 Å². The molecule has 2 aromatic carbocycles. The molecule has 1 amide bonds. The Morgan fingerprint density at radius 3 is 2.56 bits per heavy atom. The summed E-state index contributed by atoms with van der Waals surface area (Å²) in [5.41, 5.74) is 2.23. The van der Waals surface area contributed by atoms with E-state index in [9.17, 15) is 9.59 Å². The number of halogens is 1. The van der Waals surface area contributed by atoms with Crippen LogP contribution in [0.1, 0.15) is 21.5 Å². The van der Waals surface area contributed by atoms with Gasteiger partial charge < -0.3 is 15.2 Å². The number of nitrogens with one attached hydrogen (secondary N) is 1. The summed E-state index contributed by atoms with van der Waals surface area (Å²) in [6.45, 7) is 0.457. The first-order valence-electron chi connectivity index (χ1n) is 7.61. The fourth-order valence-electron chi connectivity index (χ4n) is 2.24. The summed E-state index contributed by atoms with van der Waals surface area (Å²) in [6.07, 6.45) is 3.27. The first kappa shape index (κ1) is 18.5. The molecule has 0 aromatic heterocycles. The summed E-state index contributed by atoms with van der Waals surface area (Å²) in [4.78, 5) is 22.7. The average Bonchev–Trinajstić information content (AvgIpc) is 2.60. The number of rotatable bonds is 7. The fourth-order valence-corrected chi connectivity index (χ4v) is 2.41. The molecule has 0 aliphatic carbocycles. The van der Waals surface area contributed by atoms with Crippen LogP contribution in [0.3, 0.4) is 0 Å². The maximum Gasteiger partial charge on any atom is 0.328 e. The maximum atomic E-state index is 12.3. The van der Waals surface area contributed by atoms with Crippen LogP contribution in [0.25, 0.3) is 6.08 Å². The summed E-state index contributed by atoms with van der Waals surface area (Å²) in [7, 11) is 1.50. The summed E-state index contributed by atoms with van der Waals surface area (Å²) < 4.78 is 5.17. The van der Waals surface area contributed by atoms with Crippen LogP contribution in [-0.4, -0.2) is 30.6 Å². The Labute approximate surface area is 150 Å². The molecule has 0 heterocycles. The standard InChI is InChI=1S/C19H18ClNO4/c1-25-17-8-7-15(20)12-16(17)19(24)21-11-10-14-4-2-13(3-5-14)6-9-18(22)23/h2-9,12H,10-11H2,1H3,(H,21,24)(H,22,23)/b9-6+. The molecule has 5 nitrogen and oxygen atoms in total. The molecular weight excluding hydrogens is 342 g/mol. The number of carboxylic acids is 1. The molecule has 6 heteroatoms. The van der Waals surface area contributed by atoms with E-state index in [1.165, 1.54) is 13.2 Å². The molecular formula is C19H18ClNO4. The van der Waals surface area contributed by atoms with Gasteiger partial charge in [-0.25, -0.2) is 4.79 Å². The third-order valence-electron chi connectivity index (χ3n) is 3.50. The molecule has 2 rings (SSSR count). The van der Waals surface area contributed by atoms with Gasteiger partial charge in [-0.2, -0.15) is 0 Å². The molecule has 0 spiro atoms. The van der Waals surface area contributed by atoms with Crippen molar-refractivity contribution < 1.29 is 19.4 Å². The van der Waals surface area contributed by atoms with Gasteiger partial charge in [-0.15, -0.1) is 0 Å². The highest BCUT2D eigenvalue weighted by atomic mass is 35.5. The highest BCUT2D eigenvalue weighted by Gasteiger charge is 2.12. The minimum absolute atomic E-state index is 0.250. The van der Waals surface area contributed by atoms with Gasteiger partial charge in [0, 0.05) is 17.6 Å². The zero-order valence-corrected chi connectivity index (χ0v) is 14.4. The molecule has 0 aliphatic rings. The zero-order valence-electron chi connectivity index (χ0n) is 13.7. The molecule has 0 saturated heterocycles. The average molecular weight is 360 g/mol. The number of carbonyl (C=O) groups excluding carboxylic acids is 1. The lowest BCUT2D eigenvalue weighted by Gasteiger charge is -2.10. The van der Waals surface area contributed by atoms with Crippen LogP contribution in [0.2, 0.25) is 5.02 Å². The van der Waals surface area contributed by atoms with Gasteiger partial charge in [-0.1, -0.05) is 35.9 Å². The molecule has 0 aliphatic heterocycles. The highest BCUT2D eigenvalue weighted by Crippen LogP contribution is 2.22. The van der Waals surface area contributed by atoms with Crippen LogP contribution in [0.4, 0.5) is 0 Å². The van der Waals surface area contributed by atoms with Crippen molar-refractivity contribution in [1.29, 1.82) is 0 Å². The first-order valence-corrected chi connectivity index (χ1v) is 7.99. The Bertz CT molecular complexity index is 785. The first-order chi connectivity index (χ1) is 12.0. The van der Waals surface area contributed by atoms with Gasteiger partial charge in [0.15, 0.2) is 0 Å². The predicted molar refractivity (Wildman–Crippen MR) is 97.2 cm³/mol. The second-order valence-electron chi connectivity index (χ2n) is 5.26. The Balaban J connectivity index is 1.91. The molecule has 0 radical (unpaired) electrons. The molecule has 2 N–H and O–H groups in total. The number of hydrogen-bond acceptors (Lipinski definition) is 3. The van der Waals surface area contributed by atoms with Crippen molar-refractivity contribution in [3.63, 3.8) is 0 Å². The van der Waals surface area contributed by atoms with E-state index in [1.54, 1.807) is 18.2 Å². The van der Waals surface area contributed by atoms with Gasteiger partial charge >= 0.3 is 5.97 Å². The van der Waals surface area contributed by atoms with E-state index in [4.69, 9.17) is 21.4 Å². The smallest absolute Gasteiger partial charge is 0.328 e. The quantitative estimate of drug-likeness (QED) is 0.743. The van der Waals surface area contributed by atoms with Gasteiger partial charge in [-0.05, 0) is 41.8 Å². The van der Waals surface area contributed by atoms with E-state index in [0.29, 0.717) is 29.3 Å². The maximum absolute atomic E-state index is 12.3. The molecule has 0 saturated carbocycles. The molecule has 25 heavy (non-hydrogen) atoms. The number of carbonyl (C=O) groups is 2. The van der Waals surface area contributed by atoms with E-state index in [1.807, 2.05) is 24.3 Å². The summed E-state index contributed by atoms with van der Waals surface area (Å²) in [5, 5.41) is 11.9. The largest absolute Gasteiger partial charge is 0.496 e. The number of methoxy groups -OCH3 is 1. The number of benzene rings is 2.